The third kappa shape index (κ3) is 4.43. The summed E-state index contributed by atoms with van der Waals surface area (Å²) >= 11 is 0. The summed E-state index contributed by atoms with van der Waals surface area (Å²) < 4.78 is 18.6. The Kier molecular flexibility index (Phi) is 5.56. The number of likely N-dealkylation sites (tertiary alicyclic amines) is 1. The molecule has 1 N–H and O–H groups in total. The molecule has 0 spiro atoms. The van der Waals surface area contributed by atoms with Crippen LogP contribution in [-0.4, -0.2) is 42.2 Å². The fraction of sp³-hybridized carbons (Fsp3) is 0.562. The van der Waals surface area contributed by atoms with Gasteiger partial charge in [0.15, 0.2) is 0 Å². The second kappa shape index (κ2) is 7.41. The van der Waals surface area contributed by atoms with Crippen LogP contribution in [0.15, 0.2) is 24.3 Å². The van der Waals surface area contributed by atoms with Gasteiger partial charge in [-0.15, -0.1) is 0 Å². The quantitative estimate of drug-likeness (QED) is 0.876. The third-order valence-corrected chi connectivity index (χ3v) is 4.19. The molecule has 1 aliphatic heterocycles. The highest BCUT2D eigenvalue weighted by molar-refractivity contribution is 5.70. The number of carbonyl (C=O) groups is 1. The fourth-order valence-corrected chi connectivity index (χ4v) is 2.82. The van der Waals surface area contributed by atoms with E-state index in [2.05, 4.69) is 11.8 Å². The van der Waals surface area contributed by atoms with Crippen molar-refractivity contribution in [3.8, 4) is 5.75 Å². The van der Waals surface area contributed by atoms with E-state index in [0.29, 0.717) is 5.75 Å². The number of ether oxygens (including phenoxy) is 1. The van der Waals surface area contributed by atoms with E-state index in [0.717, 1.165) is 32.5 Å². The molecule has 0 radical (unpaired) electrons. The van der Waals surface area contributed by atoms with Gasteiger partial charge in [-0.05, 0) is 50.5 Å². The summed E-state index contributed by atoms with van der Waals surface area (Å²) in [6.45, 7) is 5.08. The topological polar surface area (TPSA) is 49.8 Å². The highest BCUT2D eigenvalue weighted by Gasteiger charge is 2.31. The molecule has 1 saturated heterocycles. The predicted octanol–water partition coefficient (Wildman–Crippen LogP) is 2.64. The Morgan fingerprint density at radius 2 is 2.19 bits per heavy atom. The SMILES string of the molecule is CCN1CCC(C(COc2cccc(F)c2)C(=O)O)CC1. The van der Waals surface area contributed by atoms with E-state index in [9.17, 15) is 14.3 Å². The zero-order chi connectivity index (χ0) is 15.2. The minimum atomic E-state index is -0.832. The lowest BCUT2D eigenvalue weighted by atomic mass is 9.84. The molecule has 1 unspecified atom stereocenters. The summed E-state index contributed by atoms with van der Waals surface area (Å²) in [6.07, 6.45) is 1.74. The maximum Gasteiger partial charge on any atom is 0.310 e. The van der Waals surface area contributed by atoms with Crippen molar-refractivity contribution in [2.45, 2.75) is 19.8 Å². The van der Waals surface area contributed by atoms with Crippen molar-refractivity contribution in [3.63, 3.8) is 0 Å². The zero-order valence-corrected chi connectivity index (χ0v) is 12.3. The number of benzene rings is 1. The van der Waals surface area contributed by atoms with Crippen LogP contribution in [-0.2, 0) is 4.79 Å². The molecule has 4 nitrogen and oxygen atoms in total. The maximum absolute atomic E-state index is 13.1. The minimum Gasteiger partial charge on any atom is -0.493 e. The summed E-state index contributed by atoms with van der Waals surface area (Å²) in [5.41, 5.74) is 0. The van der Waals surface area contributed by atoms with E-state index in [1.165, 1.54) is 12.1 Å². The van der Waals surface area contributed by atoms with Gasteiger partial charge in [0.25, 0.3) is 0 Å². The van der Waals surface area contributed by atoms with Crippen molar-refractivity contribution < 1.29 is 19.0 Å². The highest BCUT2D eigenvalue weighted by atomic mass is 19.1. The number of aliphatic carboxylic acids is 1. The molecule has 116 valence electrons. The Morgan fingerprint density at radius 1 is 1.48 bits per heavy atom. The van der Waals surface area contributed by atoms with Gasteiger partial charge in [-0.25, -0.2) is 4.39 Å². The first kappa shape index (κ1) is 15.8. The van der Waals surface area contributed by atoms with Crippen molar-refractivity contribution in [1.29, 1.82) is 0 Å². The Balaban J connectivity index is 1.92. The van der Waals surface area contributed by atoms with Crippen LogP contribution in [0.4, 0.5) is 4.39 Å². The molecule has 1 aliphatic rings. The summed E-state index contributed by atoms with van der Waals surface area (Å²) in [5, 5.41) is 9.41. The van der Waals surface area contributed by atoms with Gasteiger partial charge < -0.3 is 14.7 Å². The Bertz CT molecular complexity index is 472. The molecule has 0 aliphatic carbocycles. The van der Waals surface area contributed by atoms with Crippen LogP contribution in [0, 0.1) is 17.7 Å². The second-order valence-electron chi connectivity index (χ2n) is 5.48. The van der Waals surface area contributed by atoms with Crippen molar-refractivity contribution in [2.75, 3.05) is 26.2 Å². The molecule has 2 rings (SSSR count). The smallest absolute Gasteiger partial charge is 0.310 e. The fourth-order valence-electron chi connectivity index (χ4n) is 2.82. The summed E-state index contributed by atoms with van der Waals surface area (Å²) in [5.74, 6) is -1.24. The van der Waals surface area contributed by atoms with E-state index in [1.807, 2.05) is 0 Å². The number of hydrogen-bond acceptors (Lipinski definition) is 3. The standard InChI is InChI=1S/C16H22FNO3/c1-2-18-8-6-12(7-9-18)15(16(19)20)11-21-14-5-3-4-13(17)10-14/h3-5,10,12,15H,2,6-9,11H2,1H3,(H,19,20). The zero-order valence-electron chi connectivity index (χ0n) is 12.3. The van der Waals surface area contributed by atoms with E-state index in [4.69, 9.17) is 4.74 Å². The molecule has 0 bridgehead atoms. The van der Waals surface area contributed by atoms with Gasteiger partial charge in [0, 0.05) is 6.07 Å². The van der Waals surface area contributed by atoms with Gasteiger partial charge in [-0.3, -0.25) is 4.79 Å². The van der Waals surface area contributed by atoms with Crippen molar-refractivity contribution >= 4 is 5.97 Å². The van der Waals surface area contributed by atoms with Gasteiger partial charge >= 0.3 is 5.97 Å². The van der Waals surface area contributed by atoms with Gasteiger partial charge in [0.05, 0.1) is 5.92 Å². The number of carboxylic acids is 1. The molecule has 1 aromatic rings. The largest absolute Gasteiger partial charge is 0.493 e. The molecule has 1 atom stereocenters. The predicted molar refractivity (Wildman–Crippen MR) is 77.9 cm³/mol. The molecule has 0 aromatic heterocycles. The van der Waals surface area contributed by atoms with Crippen molar-refractivity contribution in [3.05, 3.63) is 30.1 Å². The van der Waals surface area contributed by atoms with E-state index < -0.39 is 11.9 Å². The van der Waals surface area contributed by atoms with Crippen LogP contribution in [0.2, 0.25) is 0 Å². The number of rotatable bonds is 6. The van der Waals surface area contributed by atoms with Gasteiger partial charge in [0.2, 0.25) is 0 Å². The molecule has 1 aromatic carbocycles. The van der Waals surface area contributed by atoms with E-state index >= 15 is 0 Å². The number of piperidine rings is 1. The van der Waals surface area contributed by atoms with Gasteiger partial charge in [-0.2, -0.15) is 0 Å². The molecule has 0 saturated carbocycles. The summed E-state index contributed by atoms with van der Waals surface area (Å²) in [7, 11) is 0. The molecule has 1 heterocycles. The molecule has 21 heavy (non-hydrogen) atoms. The van der Waals surface area contributed by atoms with Crippen molar-refractivity contribution in [1.82, 2.24) is 4.90 Å². The molecule has 5 heteroatoms. The lowest BCUT2D eigenvalue weighted by Gasteiger charge is -2.33. The lowest BCUT2D eigenvalue weighted by Crippen LogP contribution is -2.39. The highest BCUT2D eigenvalue weighted by Crippen LogP contribution is 2.26. The van der Waals surface area contributed by atoms with Crippen molar-refractivity contribution in [2.24, 2.45) is 11.8 Å². The first-order valence-corrected chi connectivity index (χ1v) is 7.43. The third-order valence-electron chi connectivity index (χ3n) is 4.19. The molecule has 0 amide bonds. The van der Waals surface area contributed by atoms with Crippen LogP contribution >= 0.6 is 0 Å². The lowest BCUT2D eigenvalue weighted by molar-refractivity contribution is -0.145. The number of carboxylic acid groups (broad SMARTS) is 1. The number of nitrogens with zero attached hydrogens (tertiary/aromatic N) is 1. The minimum absolute atomic E-state index is 0.0928. The van der Waals surface area contributed by atoms with Crippen LogP contribution in [0.25, 0.3) is 0 Å². The van der Waals surface area contributed by atoms with Gasteiger partial charge in [-0.1, -0.05) is 13.0 Å². The Morgan fingerprint density at radius 3 is 2.76 bits per heavy atom. The first-order valence-electron chi connectivity index (χ1n) is 7.43. The number of halogens is 1. The van der Waals surface area contributed by atoms with E-state index in [1.54, 1.807) is 12.1 Å². The number of hydrogen-bond donors (Lipinski definition) is 1. The Labute approximate surface area is 124 Å². The van der Waals surface area contributed by atoms with Crippen LogP contribution in [0.3, 0.4) is 0 Å². The van der Waals surface area contributed by atoms with Crippen LogP contribution in [0.1, 0.15) is 19.8 Å². The first-order chi connectivity index (χ1) is 10.1. The average Bonchev–Trinajstić information content (AvgIpc) is 2.48. The second-order valence-corrected chi connectivity index (χ2v) is 5.48. The van der Waals surface area contributed by atoms with E-state index in [-0.39, 0.29) is 18.3 Å². The average molecular weight is 295 g/mol. The maximum atomic E-state index is 13.1. The van der Waals surface area contributed by atoms with Crippen LogP contribution in [0.5, 0.6) is 5.75 Å². The monoisotopic (exact) mass is 295 g/mol. The summed E-state index contributed by atoms with van der Waals surface area (Å²) in [4.78, 5) is 13.8. The normalized spacial score (nSPS) is 18.4. The Hall–Kier alpha value is -1.62. The molecular formula is C16H22FNO3. The van der Waals surface area contributed by atoms with Gasteiger partial charge in [0.1, 0.15) is 18.2 Å². The summed E-state index contributed by atoms with van der Waals surface area (Å²) in [6, 6.07) is 5.81. The van der Waals surface area contributed by atoms with Crippen LogP contribution < -0.4 is 4.74 Å². The molecule has 1 fully saturated rings. The molecular weight excluding hydrogens is 273 g/mol.